The number of alkyl halides is 3. The van der Waals surface area contributed by atoms with Gasteiger partial charge in [-0.2, -0.15) is 13.2 Å². The number of benzene rings is 1. The van der Waals surface area contributed by atoms with Crippen molar-refractivity contribution in [2.24, 2.45) is 0 Å². The Morgan fingerprint density at radius 1 is 1.14 bits per heavy atom. The van der Waals surface area contributed by atoms with Crippen LogP contribution in [0.3, 0.4) is 0 Å². The summed E-state index contributed by atoms with van der Waals surface area (Å²) in [6.45, 7) is 0.988. The van der Waals surface area contributed by atoms with E-state index in [9.17, 15) is 22.8 Å². The molecule has 10 heteroatoms. The van der Waals surface area contributed by atoms with Crippen LogP contribution in [-0.4, -0.2) is 54.5 Å². The summed E-state index contributed by atoms with van der Waals surface area (Å²) in [6.07, 6.45) is -2.98. The van der Waals surface area contributed by atoms with Crippen molar-refractivity contribution in [3.8, 4) is 0 Å². The third-order valence-electron chi connectivity index (χ3n) is 4.37. The highest BCUT2D eigenvalue weighted by Gasteiger charge is 2.31. The topological polar surface area (TPSA) is 65.6 Å². The lowest BCUT2D eigenvalue weighted by Gasteiger charge is -2.36. The van der Waals surface area contributed by atoms with Gasteiger partial charge >= 0.3 is 12.1 Å². The summed E-state index contributed by atoms with van der Waals surface area (Å²) < 4.78 is 43.5. The molecule has 3 rings (SSSR count). The maximum Gasteiger partial charge on any atom is 0.416 e. The van der Waals surface area contributed by atoms with Crippen LogP contribution in [0.1, 0.15) is 16.1 Å². The van der Waals surface area contributed by atoms with E-state index in [1.54, 1.807) is 11.0 Å². The predicted molar refractivity (Wildman–Crippen MR) is 96.3 cm³/mol. The molecule has 1 amide bonds. The molecule has 0 spiro atoms. The number of esters is 1. The number of amides is 1. The molecule has 0 bridgehead atoms. The van der Waals surface area contributed by atoms with E-state index < -0.39 is 24.3 Å². The Balaban J connectivity index is 1.51. The lowest BCUT2D eigenvalue weighted by molar-refractivity contribution is -0.137. The molecule has 2 aromatic rings. The van der Waals surface area contributed by atoms with Crippen LogP contribution < -0.4 is 4.90 Å². The van der Waals surface area contributed by atoms with Gasteiger partial charge in [0.15, 0.2) is 6.61 Å². The van der Waals surface area contributed by atoms with Gasteiger partial charge < -0.3 is 19.5 Å². The van der Waals surface area contributed by atoms with E-state index in [0.29, 0.717) is 36.9 Å². The third kappa shape index (κ3) is 4.78. The van der Waals surface area contributed by atoms with E-state index in [-0.39, 0.29) is 11.6 Å². The molecule has 28 heavy (non-hydrogen) atoms. The van der Waals surface area contributed by atoms with Crippen molar-refractivity contribution < 1.29 is 27.5 Å². The van der Waals surface area contributed by atoms with Crippen molar-refractivity contribution in [1.29, 1.82) is 0 Å². The Hall–Kier alpha value is -2.68. The number of hydrogen-bond acceptors (Lipinski definition) is 4. The molecule has 150 valence electrons. The van der Waals surface area contributed by atoms with Gasteiger partial charge in [-0.05, 0) is 24.3 Å². The number of carbonyl (C=O) groups is 2. The monoisotopic (exact) mass is 415 g/mol. The number of hydrogen-bond donors (Lipinski definition) is 1. The second kappa shape index (κ2) is 8.14. The van der Waals surface area contributed by atoms with Crippen LogP contribution in [0, 0.1) is 0 Å². The lowest BCUT2D eigenvalue weighted by Crippen LogP contribution is -2.50. The maximum absolute atomic E-state index is 12.9. The van der Waals surface area contributed by atoms with E-state index in [2.05, 4.69) is 4.98 Å². The fourth-order valence-electron chi connectivity index (χ4n) is 2.88. The number of aromatic nitrogens is 1. The molecule has 1 aliphatic rings. The molecule has 0 radical (unpaired) electrons. The van der Waals surface area contributed by atoms with Crippen LogP contribution in [-0.2, 0) is 15.7 Å². The molecule has 0 saturated carbocycles. The average Bonchev–Trinajstić information content (AvgIpc) is 3.12. The van der Waals surface area contributed by atoms with Gasteiger partial charge in [0.2, 0.25) is 0 Å². The van der Waals surface area contributed by atoms with Crippen molar-refractivity contribution in [3.05, 3.63) is 52.8 Å². The number of anilines is 1. The van der Waals surface area contributed by atoms with Gasteiger partial charge in [-0.3, -0.25) is 4.79 Å². The number of nitrogens with zero attached hydrogens (tertiary/aromatic N) is 2. The van der Waals surface area contributed by atoms with E-state index in [1.807, 2.05) is 0 Å². The second-order valence-corrected chi connectivity index (χ2v) is 6.66. The van der Waals surface area contributed by atoms with Crippen LogP contribution in [0.15, 0.2) is 36.5 Å². The predicted octanol–water partition coefficient (Wildman–Crippen LogP) is 3.19. The smallest absolute Gasteiger partial charge is 0.416 e. The molecule has 1 saturated heterocycles. The first-order valence-electron chi connectivity index (χ1n) is 8.45. The quantitative estimate of drug-likeness (QED) is 0.779. The molecule has 2 heterocycles. The summed E-state index contributed by atoms with van der Waals surface area (Å²) in [5.74, 6) is -1.06. The molecular weight excluding hydrogens is 399 g/mol. The largest absolute Gasteiger partial charge is 0.451 e. The molecule has 1 aromatic carbocycles. The molecule has 0 unspecified atom stereocenters. The Morgan fingerprint density at radius 3 is 2.46 bits per heavy atom. The number of aromatic amines is 1. The van der Waals surface area contributed by atoms with Crippen LogP contribution in [0.25, 0.3) is 0 Å². The standard InChI is InChI=1S/C18H17ClF3N3O3/c19-13-9-15(23-10-13)17(27)28-11-16(26)25-6-4-24(5-7-25)14-3-1-2-12(8-14)18(20,21)22/h1-3,8-10,23H,4-7,11H2. The Labute approximate surface area is 163 Å². The van der Waals surface area contributed by atoms with E-state index in [1.165, 1.54) is 23.2 Å². The lowest BCUT2D eigenvalue weighted by atomic mass is 10.1. The van der Waals surface area contributed by atoms with Gasteiger partial charge in [-0.15, -0.1) is 0 Å². The molecule has 1 fully saturated rings. The first-order chi connectivity index (χ1) is 13.2. The highest BCUT2D eigenvalue weighted by atomic mass is 35.5. The van der Waals surface area contributed by atoms with E-state index in [0.717, 1.165) is 12.1 Å². The van der Waals surface area contributed by atoms with Crippen molar-refractivity contribution in [1.82, 2.24) is 9.88 Å². The highest BCUT2D eigenvalue weighted by Crippen LogP contribution is 2.31. The summed E-state index contributed by atoms with van der Waals surface area (Å²) in [6, 6.07) is 6.48. The molecule has 0 aliphatic carbocycles. The SMILES string of the molecule is O=C(OCC(=O)N1CCN(c2cccc(C(F)(F)F)c2)CC1)c1cc(Cl)c[nH]1. The zero-order valence-corrected chi connectivity index (χ0v) is 15.4. The minimum atomic E-state index is -4.40. The number of ether oxygens (including phenoxy) is 1. The zero-order chi connectivity index (χ0) is 20.3. The normalized spacial score (nSPS) is 14.9. The van der Waals surface area contributed by atoms with Crippen molar-refractivity contribution >= 4 is 29.2 Å². The van der Waals surface area contributed by atoms with Gasteiger partial charge in [0, 0.05) is 38.1 Å². The average molecular weight is 416 g/mol. The number of carbonyl (C=O) groups excluding carboxylic acids is 2. The molecule has 6 nitrogen and oxygen atoms in total. The fourth-order valence-corrected chi connectivity index (χ4v) is 3.04. The first-order valence-corrected chi connectivity index (χ1v) is 8.83. The summed E-state index contributed by atoms with van der Waals surface area (Å²) in [5, 5.41) is 0.351. The number of halogens is 4. The van der Waals surface area contributed by atoms with E-state index >= 15 is 0 Å². The molecule has 1 aromatic heterocycles. The summed E-state index contributed by atoms with van der Waals surface area (Å²) in [5.41, 5.74) is -0.107. The van der Waals surface area contributed by atoms with E-state index in [4.69, 9.17) is 16.3 Å². The fraction of sp³-hybridized carbons (Fsp3) is 0.333. The van der Waals surface area contributed by atoms with Crippen LogP contribution >= 0.6 is 11.6 Å². The third-order valence-corrected chi connectivity index (χ3v) is 4.58. The molecule has 1 aliphatic heterocycles. The number of piperazine rings is 1. The number of H-pyrrole nitrogens is 1. The van der Waals surface area contributed by atoms with Gasteiger partial charge in [0.25, 0.3) is 5.91 Å². The molecule has 0 atom stereocenters. The van der Waals surface area contributed by atoms with Gasteiger partial charge in [-0.1, -0.05) is 17.7 Å². The molecule has 1 N–H and O–H groups in total. The first kappa shape index (κ1) is 20.1. The van der Waals surface area contributed by atoms with Crippen molar-refractivity contribution in [3.63, 3.8) is 0 Å². The highest BCUT2D eigenvalue weighted by molar-refractivity contribution is 6.30. The minimum absolute atomic E-state index is 0.146. The Bertz CT molecular complexity index is 861. The van der Waals surface area contributed by atoms with Crippen LogP contribution in [0.4, 0.5) is 18.9 Å². The number of rotatable bonds is 4. The Morgan fingerprint density at radius 2 is 1.86 bits per heavy atom. The minimum Gasteiger partial charge on any atom is -0.451 e. The van der Waals surface area contributed by atoms with Crippen LogP contribution in [0.2, 0.25) is 5.02 Å². The maximum atomic E-state index is 12.9. The molecular formula is C18H17ClF3N3O3. The van der Waals surface area contributed by atoms with Crippen molar-refractivity contribution in [2.75, 3.05) is 37.7 Å². The second-order valence-electron chi connectivity index (χ2n) is 6.22. The Kier molecular flexibility index (Phi) is 5.83. The summed E-state index contributed by atoms with van der Waals surface area (Å²) >= 11 is 5.71. The van der Waals surface area contributed by atoms with Gasteiger partial charge in [-0.25, -0.2) is 4.79 Å². The summed E-state index contributed by atoms with van der Waals surface area (Å²) in [4.78, 5) is 30.0. The van der Waals surface area contributed by atoms with Crippen LogP contribution in [0.5, 0.6) is 0 Å². The summed E-state index contributed by atoms with van der Waals surface area (Å²) in [7, 11) is 0. The van der Waals surface area contributed by atoms with Gasteiger partial charge in [0.1, 0.15) is 5.69 Å². The zero-order valence-electron chi connectivity index (χ0n) is 14.6. The van der Waals surface area contributed by atoms with Gasteiger partial charge in [0.05, 0.1) is 10.6 Å². The number of nitrogens with one attached hydrogen (secondary N) is 1. The van der Waals surface area contributed by atoms with Crippen molar-refractivity contribution in [2.45, 2.75) is 6.18 Å².